The van der Waals surface area contributed by atoms with Crippen LogP contribution < -0.4 is 5.32 Å². The average molecular weight is 383 g/mol. The first-order chi connectivity index (χ1) is 11.9. The van der Waals surface area contributed by atoms with Crippen molar-refractivity contribution in [3.8, 4) is 0 Å². The standard InChI is InChI=1S/C18H17Cl2FN2O2/c1-12(24)23(11-13-5-2-3-8-16(13)21)10-9-17(25)22-18-14(19)6-4-7-15(18)20/h2-8H,9-11H2,1H3,(H,22,25). The molecule has 4 nitrogen and oxygen atoms in total. The van der Waals surface area contributed by atoms with Crippen LogP contribution in [0.4, 0.5) is 10.1 Å². The SMILES string of the molecule is CC(=O)N(CCC(=O)Nc1c(Cl)cccc1Cl)Cc1ccccc1F. The fourth-order valence-electron chi connectivity index (χ4n) is 2.24. The quantitative estimate of drug-likeness (QED) is 0.798. The molecule has 0 heterocycles. The Hall–Kier alpha value is -2.11. The lowest BCUT2D eigenvalue weighted by Crippen LogP contribution is -2.32. The molecule has 0 unspecified atom stereocenters. The Bertz CT molecular complexity index is 763. The van der Waals surface area contributed by atoms with E-state index < -0.39 is 0 Å². The molecule has 0 atom stereocenters. The second kappa shape index (κ2) is 8.83. The summed E-state index contributed by atoms with van der Waals surface area (Å²) < 4.78 is 13.7. The first-order valence-electron chi connectivity index (χ1n) is 7.61. The summed E-state index contributed by atoms with van der Waals surface area (Å²) in [5.74, 6) is -0.970. The van der Waals surface area contributed by atoms with Crippen LogP contribution in [0.2, 0.25) is 10.0 Å². The Balaban J connectivity index is 1.98. The van der Waals surface area contributed by atoms with Crippen molar-refractivity contribution in [1.82, 2.24) is 4.90 Å². The zero-order valence-electron chi connectivity index (χ0n) is 13.6. The van der Waals surface area contributed by atoms with Gasteiger partial charge in [0.1, 0.15) is 5.82 Å². The molecule has 1 N–H and O–H groups in total. The van der Waals surface area contributed by atoms with Gasteiger partial charge in [0.2, 0.25) is 11.8 Å². The number of anilines is 1. The van der Waals surface area contributed by atoms with E-state index in [2.05, 4.69) is 5.32 Å². The van der Waals surface area contributed by atoms with Crippen molar-refractivity contribution in [1.29, 1.82) is 0 Å². The van der Waals surface area contributed by atoms with Crippen LogP contribution in [0, 0.1) is 5.82 Å². The van der Waals surface area contributed by atoms with Gasteiger partial charge in [0.05, 0.1) is 15.7 Å². The number of hydrogen-bond acceptors (Lipinski definition) is 2. The third-order valence-corrected chi connectivity index (χ3v) is 4.23. The topological polar surface area (TPSA) is 49.4 Å². The van der Waals surface area contributed by atoms with Crippen LogP contribution in [0.1, 0.15) is 18.9 Å². The molecule has 2 aromatic carbocycles. The number of benzene rings is 2. The predicted octanol–water partition coefficient (Wildman–Crippen LogP) is 4.51. The van der Waals surface area contributed by atoms with Crippen molar-refractivity contribution < 1.29 is 14.0 Å². The van der Waals surface area contributed by atoms with Gasteiger partial charge < -0.3 is 10.2 Å². The number of hydrogen-bond donors (Lipinski definition) is 1. The van der Waals surface area contributed by atoms with Gasteiger partial charge in [0.25, 0.3) is 0 Å². The lowest BCUT2D eigenvalue weighted by molar-refractivity contribution is -0.130. The zero-order chi connectivity index (χ0) is 18.4. The van der Waals surface area contributed by atoms with Gasteiger partial charge >= 0.3 is 0 Å². The first-order valence-corrected chi connectivity index (χ1v) is 8.37. The monoisotopic (exact) mass is 382 g/mol. The minimum absolute atomic E-state index is 0.0373. The molecule has 2 amide bonds. The van der Waals surface area contributed by atoms with Crippen LogP contribution in [0.5, 0.6) is 0 Å². The smallest absolute Gasteiger partial charge is 0.226 e. The summed E-state index contributed by atoms with van der Waals surface area (Å²) in [7, 11) is 0. The summed E-state index contributed by atoms with van der Waals surface area (Å²) >= 11 is 12.0. The molecule has 0 spiro atoms. The molecule has 0 aliphatic heterocycles. The molecule has 0 aromatic heterocycles. The minimum atomic E-state index is -0.388. The number of halogens is 3. The molecule has 0 saturated heterocycles. The lowest BCUT2D eigenvalue weighted by atomic mass is 10.2. The molecule has 0 aliphatic rings. The Morgan fingerprint density at radius 1 is 1.08 bits per heavy atom. The first kappa shape index (κ1) is 19.2. The average Bonchev–Trinajstić information content (AvgIpc) is 2.56. The molecule has 0 aliphatic carbocycles. The van der Waals surface area contributed by atoms with Gasteiger partial charge in [0.15, 0.2) is 0 Å². The minimum Gasteiger partial charge on any atom is -0.338 e. The number of para-hydroxylation sites is 1. The number of carbonyl (C=O) groups is 2. The van der Waals surface area contributed by atoms with Crippen molar-refractivity contribution >= 4 is 40.7 Å². The van der Waals surface area contributed by atoms with E-state index in [0.717, 1.165) is 0 Å². The third kappa shape index (κ3) is 5.44. The van der Waals surface area contributed by atoms with Gasteiger partial charge in [-0.05, 0) is 18.2 Å². The van der Waals surface area contributed by atoms with E-state index in [4.69, 9.17) is 23.2 Å². The second-order valence-corrected chi connectivity index (χ2v) is 6.24. The molecule has 2 rings (SSSR count). The fourth-order valence-corrected chi connectivity index (χ4v) is 2.73. The highest BCUT2D eigenvalue weighted by Crippen LogP contribution is 2.29. The molecule has 132 valence electrons. The maximum atomic E-state index is 13.7. The van der Waals surface area contributed by atoms with Crippen LogP contribution in [0.3, 0.4) is 0 Å². The van der Waals surface area contributed by atoms with E-state index in [9.17, 15) is 14.0 Å². The van der Waals surface area contributed by atoms with E-state index >= 15 is 0 Å². The molecule has 0 bridgehead atoms. The molecule has 0 saturated carbocycles. The number of rotatable bonds is 6. The van der Waals surface area contributed by atoms with Gasteiger partial charge in [-0.1, -0.05) is 47.5 Å². The van der Waals surface area contributed by atoms with Crippen LogP contribution in [0.25, 0.3) is 0 Å². The summed E-state index contributed by atoms with van der Waals surface area (Å²) in [6, 6.07) is 11.1. The van der Waals surface area contributed by atoms with E-state index in [1.54, 1.807) is 36.4 Å². The van der Waals surface area contributed by atoms with Crippen LogP contribution in [-0.4, -0.2) is 23.3 Å². The molecule has 2 aromatic rings. The molecule has 0 radical (unpaired) electrons. The van der Waals surface area contributed by atoms with E-state index in [1.807, 2.05) is 0 Å². The van der Waals surface area contributed by atoms with E-state index in [1.165, 1.54) is 17.9 Å². The summed E-state index contributed by atoms with van der Waals surface area (Å²) in [5, 5.41) is 3.29. The normalized spacial score (nSPS) is 10.4. The van der Waals surface area contributed by atoms with Crippen LogP contribution in [0.15, 0.2) is 42.5 Å². The number of nitrogens with one attached hydrogen (secondary N) is 1. The predicted molar refractivity (Wildman–Crippen MR) is 97.2 cm³/mol. The molecular formula is C18H17Cl2FN2O2. The van der Waals surface area contributed by atoms with Crippen LogP contribution >= 0.6 is 23.2 Å². The zero-order valence-corrected chi connectivity index (χ0v) is 15.1. The number of amides is 2. The van der Waals surface area contributed by atoms with Crippen molar-refractivity contribution in [3.05, 3.63) is 63.9 Å². The largest absolute Gasteiger partial charge is 0.338 e. The van der Waals surface area contributed by atoms with E-state index in [-0.39, 0.29) is 37.1 Å². The van der Waals surface area contributed by atoms with Crippen LogP contribution in [-0.2, 0) is 16.1 Å². The fraction of sp³-hybridized carbons (Fsp3) is 0.222. The van der Waals surface area contributed by atoms with Gasteiger partial charge in [-0.25, -0.2) is 4.39 Å². The Morgan fingerprint density at radius 2 is 1.72 bits per heavy atom. The summed E-state index contributed by atoms with van der Waals surface area (Å²) in [5.41, 5.74) is 0.728. The number of carbonyl (C=O) groups excluding carboxylic acids is 2. The Morgan fingerprint density at radius 3 is 2.32 bits per heavy atom. The van der Waals surface area contributed by atoms with E-state index in [0.29, 0.717) is 21.3 Å². The highest BCUT2D eigenvalue weighted by atomic mass is 35.5. The van der Waals surface area contributed by atoms with Crippen molar-refractivity contribution in [2.45, 2.75) is 19.9 Å². The Labute approximate surface area is 155 Å². The Kier molecular flexibility index (Phi) is 6.79. The van der Waals surface area contributed by atoms with Gasteiger partial charge in [-0.3, -0.25) is 9.59 Å². The molecule has 25 heavy (non-hydrogen) atoms. The van der Waals surface area contributed by atoms with Crippen molar-refractivity contribution in [2.75, 3.05) is 11.9 Å². The summed E-state index contributed by atoms with van der Waals surface area (Å²) in [6.45, 7) is 1.63. The maximum Gasteiger partial charge on any atom is 0.226 e. The highest BCUT2D eigenvalue weighted by molar-refractivity contribution is 6.39. The highest BCUT2D eigenvalue weighted by Gasteiger charge is 2.15. The van der Waals surface area contributed by atoms with Gasteiger partial charge in [-0.2, -0.15) is 0 Å². The lowest BCUT2D eigenvalue weighted by Gasteiger charge is -2.21. The molecule has 7 heteroatoms. The summed E-state index contributed by atoms with van der Waals surface area (Å²) in [4.78, 5) is 25.3. The molecule has 0 fully saturated rings. The summed E-state index contributed by atoms with van der Waals surface area (Å²) in [6.07, 6.45) is 0.0373. The molecular weight excluding hydrogens is 366 g/mol. The second-order valence-electron chi connectivity index (χ2n) is 5.43. The van der Waals surface area contributed by atoms with Crippen molar-refractivity contribution in [2.24, 2.45) is 0 Å². The van der Waals surface area contributed by atoms with Gasteiger partial charge in [0, 0.05) is 32.0 Å². The van der Waals surface area contributed by atoms with Gasteiger partial charge in [-0.15, -0.1) is 0 Å². The maximum absolute atomic E-state index is 13.7. The number of nitrogens with zero attached hydrogens (tertiary/aromatic N) is 1. The van der Waals surface area contributed by atoms with Crippen molar-refractivity contribution in [3.63, 3.8) is 0 Å². The third-order valence-electron chi connectivity index (χ3n) is 3.60.